The molecule has 0 bridgehead atoms. The molecule has 2 aromatic rings. The second-order valence-electron chi connectivity index (χ2n) is 5.85. The molecule has 7 nitrogen and oxygen atoms in total. The van der Waals surface area contributed by atoms with Gasteiger partial charge in [-0.1, -0.05) is 0 Å². The van der Waals surface area contributed by atoms with E-state index in [2.05, 4.69) is 4.72 Å². The summed E-state index contributed by atoms with van der Waals surface area (Å²) in [5.41, 5.74) is 0.488. The van der Waals surface area contributed by atoms with Crippen molar-refractivity contribution in [3.63, 3.8) is 0 Å². The van der Waals surface area contributed by atoms with Gasteiger partial charge in [0.25, 0.3) is 0 Å². The molecule has 1 amide bonds. The SMILES string of the molecule is CC(=O)N(CCNS(=O)(=O)c1ccc2c(c1)OCCO2)c1ccc(F)cc1. The molecular weight excluding hydrogens is 375 g/mol. The first kappa shape index (κ1) is 19.1. The quantitative estimate of drug-likeness (QED) is 0.809. The lowest BCUT2D eigenvalue weighted by molar-refractivity contribution is -0.116. The van der Waals surface area contributed by atoms with Gasteiger partial charge in [-0.2, -0.15) is 0 Å². The van der Waals surface area contributed by atoms with E-state index in [0.717, 1.165) is 0 Å². The number of fused-ring (bicyclic) bond motifs is 1. The highest BCUT2D eigenvalue weighted by molar-refractivity contribution is 7.89. The number of amides is 1. The number of carbonyl (C=O) groups is 1. The number of ether oxygens (including phenoxy) is 2. The molecular formula is C18H19FN2O5S. The Morgan fingerprint density at radius 1 is 1.11 bits per heavy atom. The van der Waals surface area contributed by atoms with Crippen molar-refractivity contribution in [1.29, 1.82) is 0 Å². The zero-order valence-electron chi connectivity index (χ0n) is 14.6. The maximum absolute atomic E-state index is 13.1. The fourth-order valence-corrected chi connectivity index (χ4v) is 3.69. The molecule has 3 rings (SSSR count). The van der Waals surface area contributed by atoms with Gasteiger partial charge >= 0.3 is 0 Å². The molecule has 1 N–H and O–H groups in total. The summed E-state index contributed by atoms with van der Waals surface area (Å²) in [5.74, 6) is 0.182. The number of benzene rings is 2. The summed E-state index contributed by atoms with van der Waals surface area (Å²) in [6.45, 7) is 2.23. The van der Waals surface area contributed by atoms with Crippen molar-refractivity contribution < 1.29 is 27.1 Å². The van der Waals surface area contributed by atoms with Gasteiger partial charge in [-0.3, -0.25) is 4.79 Å². The molecule has 0 fully saturated rings. The van der Waals surface area contributed by atoms with Gasteiger partial charge in [0.05, 0.1) is 4.90 Å². The molecule has 0 saturated heterocycles. The summed E-state index contributed by atoms with van der Waals surface area (Å²) < 4.78 is 51.3. The number of hydrogen-bond donors (Lipinski definition) is 1. The highest BCUT2D eigenvalue weighted by Gasteiger charge is 2.20. The molecule has 1 aliphatic rings. The van der Waals surface area contributed by atoms with Gasteiger partial charge < -0.3 is 14.4 Å². The average Bonchev–Trinajstić information content (AvgIpc) is 2.65. The predicted molar refractivity (Wildman–Crippen MR) is 97.0 cm³/mol. The van der Waals surface area contributed by atoms with Crippen LogP contribution < -0.4 is 19.1 Å². The van der Waals surface area contributed by atoms with Crippen LogP contribution in [0, 0.1) is 5.82 Å². The summed E-state index contributed by atoms with van der Waals surface area (Å²) in [4.78, 5) is 13.3. The molecule has 1 heterocycles. The van der Waals surface area contributed by atoms with Gasteiger partial charge in [-0.25, -0.2) is 17.5 Å². The monoisotopic (exact) mass is 394 g/mol. The standard InChI is InChI=1S/C18H19FN2O5S/c1-13(22)21(15-4-2-14(19)3-5-15)9-8-20-27(23,24)16-6-7-17-18(12-16)26-11-10-25-17/h2-7,12,20H,8-11H2,1H3. The van der Waals surface area contributed by atoms with Crippen molar-refractivity contribution in [3.8, 4) is 11.5 Å². The van der Waals surface area contributed by atoms with Crippen LogP contribution in [-0.2, 0) is 14.8 Å². The Hall–Kier alpha value is -2.65. The van der Waals surface area contributed by atoms with E-state index in [-0.39, 0.29) is 23.9 Å². The maximum Gasteiger partial charge on any atom is 0.240 e. The van der Waals surface area contributed by atoms with Crippen molar-refractivity contribution in [3.05, 3.63) is 48.3 Å². The molecule has 144 valence electrons. The van der Waals surface area contributed by atoms with Crippen LogP contribution >= 0.6 is 0 Å². The molecule has 9 heteroatoms. The second-order valence-corrected chi connectivity index (χ2v) is 7.62. The van der Waals surface area contributed by atoms with Gasteiger partial charge in [0.1, 0.15) is 19.0 Å². The first-order valence-corrected chi connectivity index (χ1v) is 9.78. The molecule has 0 unspecified atom stereocenters. The first-order valence-electron chi connectivity index (χ1n) is 8.30. The molecule has 27 heavy (non-hydrogen) atoms. The van der Waals surface area contributed by atoms with Crippen molar-refractivity contribution in [1.82, 2.24) is 4.72 Å². The first-order chi connectivity index (χ1) is 12.9. The van der Waals surface area contributed by atoms with Crippen molar-refractivity contribution in [2.45, 2.75) is 11.8 Å². The van der Waals surface area contributed by atoms with E-state index in [1.165, 1.54) is 48.2 Å². The van der Waals surface area contributed by atoms with Crippen LogP contribution in [0.15, 0.2) is 47.4 Å². The molecule has 1 aliphatic heterocycles. The third kappa shape index (κ3) is 4.55. The fraction of sp³-hybridized carbons (Fsp3) is 0.278. The third-order valence-corrected chi connectivity index (χ3v) is 5.43. The minimum atomic E-state index is -3.79. The Kier molecular flexibility index (Phi) is 5.62. The van der Waals surface area contributed by atoms with Gasteiger partial charge in [-0.15, -0.1) is 0 Å². The minimum absolute atomic E-state index is 0.00622. The van der Waals surface area contributed by atoms with E-state index < -0.39 is 15.8 Å². The summed E-state index contributed by atoms with van der Waals surface area (Å²) >= 11 is 0. The van der Waals surface area contributed by atoms with Crippen molar-refractivity contribution >= 4 is 21.6 Å². The number of nitrogens with one attached hydrogen (secondary N) is 1. The van der Waals surface area contributed by atoms with E-state index >= 15 is 0 Å². The van der Waals surface area contributed by atoms with Crippen LogP contribution in [0.25, 0.3) is 0 Å². The van der Waals surface area contributed by atoms with Gasteiger partial charge in [0, 0.05) is 31.8 Å². The minimum Gasteiger partial charge on any atom is -0.486 e. The summed E-state index contributed by atoms with van der Waals surface area (Å²) in [5, 5.41) is 0. The molecule has 0 saturated carbocycles. The largest absolute Gasteiger partial charge is 0.486 e. The molecule has 0 aromatic heterocycles. The zero-order valence-corrected chi connectivity index (χ0v) is 15.5. The molecule has 0 radical (unpaired) electrons. The maximum atomic E-state index is 13.1. The van der Waals surface area contributed by atoms with Crippen molar-refractivity contribution in [2.24, 2.45) is 0 Å². The van der Waals surface area contributed by atoms with Gasteiger partial charge in [-0.05, 0) is 36.4 Å². The number of sulfonamides is 1. The van der Waals surface area contributed by atoms with E-state index in [1.54, 1.807) is 6.07 Å². The molecule has 0 aliphatic carbocycles. The Balaban J connectivity index is 1.67. The molecule has 2 aromatic carbocycles. The van der Waals surface area contributed by atoms with E-state index in [0.29, 0.717) is 30.4 Å². The van der Waals surface area contributed by atoms with Crippen LogP contribution in [0.1, 0.15) is 6.92 Å². The van der Waals surface area contributed by atoms with E-state index in [9.17, 15) is 17.6 Å². The Morgan fingerprint density at radius 2 is 1.78 bits per heavy atom. The van der Waals surface area contributed by atoms with Crippen LogP contribution in [0.4, 0.5) is 10.1 Å². The molecule has 0 spiro atoms. The molecule has 0 atom stereocenters. The lowest BCUT2D eigenvalue weighted by atomic mass is 10.2. The van der Waals surface area contributed by atoms with Crippen LogP contribution in [0.5, 0.6) is 11.5 Å². The van der Waals surface area contributed by atoms with Crippen LogP contribution in [0.3, 0.4) is 0 Å². The van der Waals surface area contributed by atoms with E-state index in [4.69, 9.17) is 9.47 Å². The van der Waals surface area contributed by atoms with Crippen molar-refractivity contribution in [2.75, 3.05) is 31.2 Å². The van der Waals surface area contributed by atoms with Crippen LogP contribution in [0.2, 0.25) is 0 Å². The Morgan fingerprint density at radius 3 is 2.44 bits per heavy atom. The topological polar surface area (TPSA) is 84.9 Å². The number of nitrogens with zero attached hydrogens (tertiary/aromatic N) is 1. The zero-order chi connectivity index (χ0) is 19.4. The number of halogens is 1. The van der Waals surface area contributed by atoms with Gasteiger partial charge in [0.15, 0.2) is 11.5 Å². The lowest BCUT2D eigenvalue weighted by Crippen LogP contribution is -2.37. The van der Waals surface area contributed by atoms with Gasteiger partial charge in [0.2, 0.25) is 15.9 Å². The normalized spacial score (nSPS) is 13.3. The lowest BCUT2D eigenvalue weighted by Gasteiger charge is -2.22. The second kappa shape index (κ2) is 7.93. The van der Waals surface area contributed by atoms with E-state index in [1.807, 2.05) is 0 Å². The fourth-order valence-electron chi connectivity index (χ4n) is 2.66. The number of carbonyl (C=O) groups excluding carboxylic acids is 1. The highest BCUT2D eigenvalue weighted by atomic mass is 32.2. The summed E-state index contributed by atoms with van der Waals surface area (Å²) in [6, 6.07) is 9.79. The third-order valence-electron chi connectivity index (χ3n) is 3.97. The van der Waals surface area contributed by atoms with Crippen LogP contribution in [-0.4, -0.2) is 40.6 Å². The number of anilines is 1. The predicted octanol–water partition coefficient (Wildman–Crippen LogP) is 1.93. The smallest absolute Gasteiger partial charge is 0.240 e. The number of hydrogen-bond acceptors (Lipinski definition) is 5. The summed E-state index contributed by atoms with van der Waals surface area (Å²) in [6.07, 6.45) is 0. The summed E-state index contributed by atoms with van der Waals surface area (Å²) in [7, 11) is -3.79. The average molecular weight is 394 g/mol. The number of rotatable bonds is 6. The highest BCUT2D eigenvalue weighted by Crippen LogP contribution is 2.32. The Labute approximate surface area is 156 Å². The Bertz CT molecular complexity index is 931.